The lowest BCUT2D eigenvalue weighted by atomic mass is 9.99. The predicted octanol–water partition coefficient (Wildman–Crippen LogP) is 2.54. The van der Waals surface area contributed by atoms with Gasteiger partial charge in [0.2, 0.25) is 0 Å². The minimum absolute atomic E-state index is 0.000885. The second-order valence-corrected chi connectivity index (χ2v) is 5.12. The molecule has 1 saturated heterocycles. The maximum Gasteiger partial charge on any atom is 0.274 e. The van der Waals surface area contributed by atoms with Crippen molar-refractivity contribution in [2.45, 2.75) is 19.8 Å². The van der Waals surface area contributed by atoms with Gasteiger partial charge in [0.15, 0.2) is 11.5 Å². The molecule has 19 heavy (non-hydrogen) atoms. The molecule has 3 rings (SSSR count). The van der Waals surface area contributed by atoms with Crippen molar-refractivity contribution in [2.75, 3.05) is 13.1 Å². The average Bonchev–Trinajstić information content (AvgIpc) is 3.10. The zero-order chi connectivity index (χ0) is 13.2. The lowest BCUT2D eigenvalue weighted by Crippen LogP contribution is -2.38. The van der Waals surface area contributed by atoms with E-state index < -0.39 is 0 Å². The fourth-order valence-electron chi connectivity index (χ4n) is 2.36. The van der Waals surface area contributed by atoms with Crippen molar-refractivity contribution in [2.24, 2.45) is 5.92 Å². The van der Waals surface area contributed by atoms with Gasteiger partial charge in [0, 0.05) is 19.2 Å². The summed E-state index contributed by atoms with van der Waals surface area (Å²) < 4.78 is 5.28. The van der Waals surface area contributed by atoms with Crippen LogP contribution in [0.25, 0.3) is 11.5 Å². The number of likely N-dealkylation sites (tertiary alicyclic amines) is 1. The van der Waals surface area contributed by atoms with E-state index in [4.69, 9.17) is 4.42 Å². The number of carbonyl (C=O) groups excluding carboxylic acids is 1. The van der Waals surface area contributed by atoms with E-state index in [0.717, 1.165) is 31.6 Å². The topological polar surface area (TPSA) is 62.1 Å². The van der Waals surface area contributed by atoms with Gasteiger partial charge < -0.3 is 9.32 Å². The smallest absolute Gasteiger partial charge is 0.274 e. The first-order valence-corrected chi connectivity index (χ1v) is 6.62. The Morgan fingerprint density at radius 1 is 1.47 bits per heavy atom. The van der Waals surface area contributed by atoms with E-state index in [9.17, 15) is 4.79 Å². The fourth-order valence-corrected chi connectivity index (χ4v) is 2.36. The molecular formula is C14H17N3O2. The molecule has 2 aromatic rings. The second-order valence-electron chi connectivity index (χ2n) is 5.12. The maximum absolute atomic E-state index is 12.3. The van der Waals surface area contributed by atoms with E-state index in [-0.39, 0.29) is 5.91 Å². The summed E-state index contributed by atoms with van der Waals surface area (Å²) in [4.78, 5) is 14.2. The van der Waals surface area contributed by atoms with E-state index in [2.05, 4.69) is 17.1 Å². The van der Waals surface area contributed by atoms with Crippen molar-refractivity contribution in [3.63, 3.8) is 0 Å². The number of aromatic amines is 1. The van der Waals surface area contributed by atoms with Gasteiger partial charge in [-0.1, -0.05) is 6.92 Å². The molecule has 0 atom stereocenters. The van der Waals surface area contributed by atoms with Crippen LogP contribution in [0.3, 0.4) is 0 Å². The molecule has 1 aliphatic rings. The van der Waals surface area contributed by atoms with Gasteiger partial charge in [-0.2, -0.15) is 5.10 Å². The van der Waals surface area contributed by atoms with Gasteiger partial charge in [0.1, 0.15) is 5.69 Å². The van der Waals surface area contributed by atoms with Crippen molar-refractivity contribution in [3.8, 4) is 11.5 Å². The molecule has 1 N–H and O–H groups in total. The highest BCUT2D eigenvalue weighted by Gasteiger charge is 2.23. The van der Waals surface area contributed by atoms with Crippen LogP contribution in [-0.4, -0.2) is 34.1 Å². The predicted molar refractivity (Wildman–Crippen MR) is 70.6 cm³/mol. The van der Waals surface area contributed by atoms with Crippen LogP contribution in [0, 0.1) is 5.92 Å². The summed E-state index contributed by atoms with van der Waals surface area (Å²) in [6.45, 7) is 3.87. The molecule has 3 heterocycles. The number of furan rings is 1. The van der Waals surface area contributed by atoms with Gasteiger partial charge in [-0.25, -0.2) is 0 Å². The normalized spacial score (nSPS) is 16.8. The van der Waals surface area contributed by atoms with Crippen molar-refractivity contribution in [1.29, 1.82) is 0 Å². The maximum atomic E-state index is 12.3. The number of H-pyrrole nitrogens is 1. The quantitative estimate of drug-likeness (QED) is 0.901. The molecule has 1 aliphatic heterocycles. The third-order valence-electron chi connectivity index (χ3n) is 3.65. The third kappa shape index (κ3) is 2.41. The van der Waals surface area contributed by atoms with Gasteiger partial charge >= 0.3 is 0 Å². The molecule has 5 heteroatoms. The Labute approximate surface area is 111 Å². The van der Waals surface area contributed by atoms with Crippen LogP contribution in [0.15, 0.2) is 28.9 Å². The number of aromatic nitrogens is 2. The van der Waals surface area contributed by atoms with Gasteiger partial charge in [-0.05, 0) is 30.9 Å². The van der Waals surface area contributed by atoms with Gasteiger partial charge in [-0.15, -0.1) is 0 Å². The number of piperidine rings is 1. The largest absolute Gasteiger partial charge is 0.463 e. The Hall–Kier alpha value is -2.04. The van der Waals surface area contributed by atoms with E-state index in [1.807, 2.05) is 17.0 Å². The van der Waals surface area contributed by atoms with Crippen molar-refractivity contribution in [3.05, 3.63) is 30.2 Å². The fraction of sp³-hybridized carbons (Fsp3) is 0.429. The first-order chi connectivity index (χ1) is 9.24. The summed E-state index contributed by atoms with van der Waals surface area (Å²) in [5.41, 5.74) is 1.19. The average molecular weight is 259 g/mol. The van der Waals surface area contributed by atoms with Crippen molar-refractivity contribution in [1.82, 2.24) is 15.1 Å². The molecular weight excluding hydrogens is 242 g/mol. The molecule has 0 aromatic carbocycles. The summed E-state index contributed by atoms with van der Waals surface area (Å²) in [6, 6.07) is 5.40. The number of nitrogens with one attached hydrogen (secondary N) is 1. The Bertz CT molecular complexity index is 551. The SMILES string of the molecule is CC1CCN(C(=O)c2cc(-c3ccco3)[nH]n2)CC1. The molecule has 0 saturated carbocycles. The number of amides is 1. The first-order valence-electron chi connectivity index (χ1n) is 6.62. The summed E-state index contributed by atoms with van der Waals surface area (Å²) in [7, 11) is 0. The van der Waals surface area contributed by atoms with Gasteiger partial charge in [0.05, 0.1) is 6.26 Å². The number of hydrogen-bond donors (Lipinski definition) is 1. The molecule has 2 aromatic heterocycles. The number of carbonyl (C=O) groups is 1. The van der Waals surface area contributed by atoms with Gasteiger partial charge in [-0.3, -0.25) is 9.89 Å². The molecule has 0 radical (unpaired) electrons. The Kier molecular flexibility index (Phi) is 3.11. The van der Waals surface area contributed by atoms with E-state index >= 15 is 0 Å². The van der Waals surface area contributed by atoms with Crippen LogP contribution in [0.2, 0.25) is 0 Å². The second kappa shape index (κ2) is 4.91. The van der Waals surface area contributed by atoms with Crippen molar-refractivity contribution < 1.29 is 9.21 Å². The molecule has 0 unspecified atom stereocenters. The lowest BCUT2D eigenvalue weighted by molar-refractivity contribution is 0.0691. The Morgan fingerprint density at radius 2 is 2.26 bits per heavy atom. The minimum atomic E-state index is 0.000885. The van der Waals surface area contributed by atoms with E-state index in [1.54, 1.807) is 12.3 Å². The molecule has 0 bridgehead atoms. The highest BCUT2D eigenvalue weighted by atomic mass is 16.3. The number of hydrogen-bond acceptors (Lipinski definition) is 3. The summed E-state index contributed by atoms with van der Waals surface area (Å²) in [6.07, 6.45) is 3.74. The van der Waals surface area contributed by atoms with E-state index in [0.29, 0.717) is 17.4 Å². The van der Waals surface area contributed by atoms with E-state index in [1.165, 1.54) is 0 Å². The molecule has 1 fully saturated rings. The molecule has 100 valence electrons. The van der Waals surface area contributed by atoms with Crippen LogP contribution >= 0.6 is 0 Å². The molecule has 5 nitrogen and oxygen atoms in total. The zero-order valence-electron chi connectivity index (χ0n) is 10.9. The molecule has 0 aliphatic carbocycles. The summed E-state index contributed by atoms with van der Waals surface area (Å²) >= 11 is 0. The summed E-state index contributed by atoms with van der Waals surface area (Å²) in [5, 5.41) is 6.94. The molecule has 1 amide bonds. The van der Waals surface area contributed by atoms with Crippen LogP contribution in [0.1, 0.15) is 30.3 Å². The van der Waals surface area contributed by atoms with Crippen LogP contribution in [0.4, 0.5) is 0 Å². The van der Waals surface area contributed by atoms with Crippen LogP contribution < -0.4 is 0 Å². The number of rotatable bonds is 2. The number of nitrogens with zero attached hydrogens (tertiary/aromatic N) is 2. The lowest BCUT2D eigenvalue weighted by Gasteiger charge is -2.29. The van der Waals surface area contributed by atoms with Crippen LogP contribution in [-0.2, 0) is 0 Å². The Morgan fingerprint density at radius 3 is 2.95 bits per heavy atom. The third-order valence-corrected chi connectivity index (χ3v) is 3.65. The molecule has 0 spiro atoms. The standard InChI is InChI=1S/C14H17N3O2/c1-10-4-6-17(7-5-10)14(18)12-9-11(15-16-12)13-3-2-8-19-13/h2-3,8-10H,4-7H2,1H3,(H,15,16). The highest BCUT2D eigenvalue weighted by Crippen LogP contribution is 2.21. The highest BCUT2D eigenvalue weighted by molar-refractivity contribution is 5.93. The monoisotopic (exact) mass is 259 g/mol. The Balaban J connectivity index is 1.74. The van der Waals surface area contributed by atoms with Gasteiger partial charge in [0.25, 0.3) is 5.91 Å². The zero-order valence-corrected chi connectivity index (χ0v) is 10.9. The first kappa shape index (κ1) is 12.0. The van der Waals surface area contributed by atoms with Crippen molar-refractivity contribution >= 4 is 5.91 Å². The summed E-state index contributed by atoms with van der Waals surface area (Å²) in [5.74, 6) is 1.40. The minimum Gasteiger partial charge on any atom is -0.463 e. The van der Waals surface area contributed by atoms with Crippen LogP contribution in [0.5, 0.6) is 0 Å².